The molecule has 0 saturated carbocycles. The van der Waals surface area contributed by atoms with Gasteiger partial charge in [0.25, 0.3) is 0 Å². The van der Waals surface area contributed by atoms with Crippen molar-refractivity contribution in [2.24, 2.45) is 0 Å². The van der Waals surface area contributed by atoms with Crippen molar-refractivity contribution in [2.45, 2.75) is 13.3 Å². The zero-order valence-electron chi connectivity index (χ0n) is 11.2. The summed E-state index contributed by atoms with van der Waals surface area (Å²) < 4.78 is 13.4. The van der Waals surface area contributed by atoms with E-state index in [1.807, 2.05) is 6.92 Å². The van der Waals surface area contributed by atoms with Gasteiger partial charge in [0.1, 0.15) is 11.6 Å². The van der Waals surface area contributed by atoms with E-state index >= 15 is 0 Å². The molecule has 7 heteroatoms. The number of pyridine rings is 1. The molecule has 1 heterocycles. The molecule has 0 spiro atoms. The summed E-state index contributed by atoms with van der Waals surface area (Å²) in [5.41, 5.74) is 0.495. The van der Waals surface area contributed by atoms with Crippen LogP contribution in [0.5, 0.6) is 0 Å². The maximum atomic E-state index is 13.4. The third-order valence-electron chi connectivity index (χ3n) is 2.65. The predicted molar refractivity (Wildman–Crippen MR) is 87.7 cm³/mol. The average Bonchev–Trinajstić information content (AvgIpc) is 2.44. The summed E-state index contributed by atoms with van der Waals surface area (Å²) in [5, 5.41) is 6.88. The third kappa shape index (κ3) is 4.13. The van der Waals surface area contributed by atoms with E-state index in [-0.39, 0.29) is 5.02 Å². The lowest BCUT2D eigenvalue weighted by atomic mass is 10.3. The summed E-state index contributed by atoms with van der Waals surface area (Å²) in [7, 11) is 0. The Kier molecular flexibility index (Phi) is 5.51. The molecule has 0 aliphatic carbocycles. The topological polar surface area (TPSA) is 37.0 Å². The van der Waals surface area contributed by atoms with Crippen LogP contribution in [0.2, 0.25) is 15.1 Å². The molecule has 1 aromatic heterocycles. The zero-order valence-corrected chi connectivity index (χ0v) is 13.5. The van der Waals surface area contributed by atoms with Gasteiger partial charge in [0.2, 0.25) is 0 Å². The van der Waals surface area contributed by atoms with Crippen molar-refractivity contribution in [3.05, 3.63) is 45.2 Å². The minimum atomic E-state index is -0.518. The molecular weight excluding hydrogens is 336 g/mol. The summed E-state index contributed by atoms with van der Waals surface area (Å²) >= 11 is 17.8. The van der Waals surface area contributed by atoms with Crippen LogP contribution >= 0.6 is 34.8 Å². The van der Waals surface area contributed by atoms with Crippen molar-refractivity contribution >= 4 is 52.1 Å². The van der Waals surface area contributed by atoms with E-state index in [1.165, 1.54) is 12.1 Å². The Balaban J connectivity index is 2.28. The van der Waals surface area contributed by atoms with Gasteiger partial charge in [-0.1, -0.05) is 41.7 Å². The molecule has 2 N–H and O–H groups in total. The highest BCUT2D eigenvalue weighted by atomic mass is 35.5. The second-order valence-corrected chi connectivity index (χ2v) is 5.55. The van der Waals surface area contributed by atoms with E-state index < -0.39 is 5.82 Å². The Morgan fingerprint density at radius 2 is 1.76 bits per heavy atom. The number of nitrogens with zero attached hydrogens (tertiary/aromatic N) is 1. The standard InChI is InChI=1S/C14H13Cl3FN3/c1-2-5-19-13-10(16)7-11(17)14(21-13)20-8-3-4-9(15)12(18)6-8/h3-4,6-7H,2,5H2,1H3,(H2,19,20,21). The van der Waals surface area contributed by atoms with Gasteiger partial charge < -0.3 is 10.6 Å². The highest BCUT2D eigenvalue weighted by molar-refractivity contribution is 6.37. The lowest BCUT2D eigenvalue weighted by molar-refractivity contribution is 0.629. The maximum Gasteiger partial charge on any atom is 0.151 e. The normalized spacial score (nSPS) is 10.5. The summed E-state index contributed by atoms with van der Waals surface area (Å²) in [4.78, 5) is 4.32. The van der Waals surface area contributed by atoms with Crippen molar-refractivity contribution < 1.29 is 4.39 Å². The highest BCUT2D eigenvalue weighted by Gasteiger charge is 2.10. The number of hydrogen-bond donors (Lipinski definition) is 2. The Morgan fingerprint density at radius 3 is 2.43 bits per heavy atom. The summed E-state index contributed by atoms with van der Waals surface area (Å²) in [6, 6.07) is 5.95. The van der Waals surface area contributed by atoms with Gasteiger partial charge >= 0.3 is 0 Å². The maximum absolute atomic E-state index is 13.4. The van der Waals surface area contributed by atoms with Crippen molar-refractivity contribution in [3.63, 3.8) is 0 Å². The molecule has 1 aromatic carbocycles. The predicted octanol–water partition coefficient (Wildman–Crippen LogP) is 5.75. The van der Waals surface area contributed by atoms with Gasteiger partial charge in [-0.15, -0.1) is 0 Å². The second-order valence-electron chi connectivity index (χ2n) is 4.33. The Labute approximate surface area is 137 Å². The van der Waals surface area contributed by atoms with Crippen LogP contribution in [0.4, 0.5) is 21.7 Å². The lowest BCUT2D eigenvalue weighted by Crippen LogP contribution is -2.05. The molecular formula is C14H13Cl3FN3. The van der Waals surface area contributed by atoms with Crippen molar-refractivity contribution in [2.75, 3.05) is 17.2 Å². The van der Waals surface area contributed by atoms with Crippen LogP contribution in [0.3, 0.4) is 0 Å². The number of nitrogens with one attached hydrogen (secondary N) is 2. The van der Waals surface area contributed by atoms with Gasteiger partial charge in [-0.05, 0) is 30.7 Å². The van der Waals surface area contributed by atoms with Crippen molar-refractivity contribution in [3.8, 4) is 0 Å². The number of aromatic nitrogens is 1. The molecule has 0 aliphatic heterocycles. The van der Waals surface area contributed by atoms with Crippen LogP contribution in [0.15, 0.2) is 24.3 Å². The average molecular weight is 349 g/mol. The first kappa shape index (κ1) is 16.1. The SMILES string of the molecule is CCCNc1nc(Nc2ccc(Cl)c(F)c2)c(Cl)cc1Cl. The molecule has 0 aliphatic rings. The molecule has 0 atom stereocenters. The van der Waals surface area contributed by atoms with Gasteiger partial charge in [-0.3, -0.25) is 0 Å². The minimum absolute atomic E-state index is 0.0565. The Morgan fingerprint density at radius 1 is 1.05 bits per heavy atom. The molecule has 0 unspecified atom stereocenters. The van der Waals surface area contributed by atoms with Crippen LogP contribution in [0.1, 0.15) is 13.3 Å². The monoisotopic (exact) mass is 347 g/mol. The molecule has 0 saturated heterocycles. The highest BCUT2D eigenvalue weighted by Crippen LogP contribution is 2.31. The third-order valence-corrected chi connectivity index (χ3v) is 3.54. The van der Waals surface area contributed by atoms with Gasteiger partial charge in [0, 0.05) is 12.2 Å². The number of rotatable bonds is 5. The fraction of sp³-hybridized carbons (Fsp3) is 0.214. The Hall–Kier alpha value is -1.23. The molecule has 2 aromatic rings. The molecule has 0 amide bonds. The van der Waals surface area contributed by atoms with Gasteiger partial charge in [-0.2, -0.15) is 0 Å². The van der Waals surface area contributed by atoms with Gasteiger partial charge in [0.15, 0.2) is 5.82 Å². The number of hydrogen-bond acceptors (Lipinski definition) is 3. The minimum Gasteiger partial charge on any atom is -0.369 e. The molecule has 2 rings (SSSR count). The first-order valence-corrected chi connectivity index (χ1v) is 7.46. The van der Waals surface area contributed by atoms with Crippen LogP contribution in [-0.4, -0.2) is 11.5 Å². The summed E-state index contributed by atoms with van der Waals surface area (Å²) in [6.07, 6.45) is 0.936. The van der Waals surface area contributed by atoms with Crippen LogP contribution in [-0.2, 0) is 0 Å². The lowest BCUT2D eigenvalue weighted by Gasteiger charge is -2.12. The molecule has 0 fully saturated rings. The Bertz CT molecular complexity index is 650. The molecule has 0 radical (unpaired) electrons. The van der Waals surface area contributed by atoms with Crippen molar-refractivity contribution in [1.29, 1.82) is 0 Å². The quantitative estimate of drug-likeness (QED) is 0.722. The van der Waals surface area contributed by atoms with Crippen LogP contribution < -0.4 is 10.6 Å². The second kappa shape index (κ2) is 7.16. The van der Waals surface area contributed by atoms with E-state index in [0.717, 1.165) is 13.0 Å². The number of benzene rings is 1. The number of anilines is 3. The van der Waals surface area contributed by atoms with Crippen LogP contribution in [0.25, 0.3) is 0 Å². The zero-order chi connectivity index (χ0) is 15.4. The first-order chi connectivity index (χ1) is 10.0. The first-order valence-electron chi connectivity index (χ1n) is 6.33. The largest absolute Gasteiger partial charge is 0.369 e. The number of halogens is 4. The molecule has 21 heavy (non-hydrogen) atoms. The van der Waals surface area contributed by atoms with E-state index in [9.17, 15) is 4.39 Å². The molecule has 0 bridgehead atoms. The fourth-order valence-electron chi connectivity index (χ4n) is 1.63. The molecule has 112 valence electrons. The van der Waals surface area contributed by atoms with E-state index in [1.54, 1.807) is 12.1 Å². The van der Waals surface area contributed by atoms with Gasteiger partial charge in [0.05, 0.1) is 15.1 Å². The van der Waals surface area contributed by atoms with E-state index in [2.05, 4.69) is 15.6 Å². The summed E-state index contributed by atoms with van der Waals surface area (Å²) in [6.45, 7) is 2.77. The summed E-state index contributed by atoms with van der Waals surface area (Å²) in [5.74, 6) is 0.400. The van der Waals surface area contributed by atoms with Crippen LogP contribution in [0, 0.1) is 5.82 Å². The smallest absolute Gasteiger partial charge is 0.151 e. The van der Waals surface area contributed by atoms with Crippen molar-refractivity contribution in [1.82, 2.24) is 4.98 Å². The van der Waals surface area contributed by atoms with E-state index in [4.69, 9.17) is 34.8 Å². The molecule has 3 nitrogen and oxygen atoms in total. The fourth-order valence-corrected chi connectivity index (χ4v) is 2.22. The van der Waals surface area contributed by atoms with E-state index in [0.29, 0.717) is 27.4 Å². The van der Waals surface area contributed by atoms with Gasteiger partial charge in [-0.25, -0.2) is 9.37 Å².